The lowest BCUT2D eigenvalue weighted by Crippen LogP contribution is -2.35. The lowest BCUT2D eigenvalue weighted by atomic mass is 10.1. The second kappa shape index (κ2) is 8.31. The highest BCUT2D eigenvalue weighted by Gasteiger charge is 2.45. The number of ether oxygens (including phenoxy) is 4. The zero-order valence-corrected chi connectivity index (χ0v) is 16.7. The normalized spacial score (nSPS) is 22.5. The molecule has 1 aliphatic rings. The Labute approximate surface area is 167 Å². The quantitative estimate of drug-likeness (QED) is 0.574. The van der Waals surface area contributed by atoms with Gasteiger partial charge >= 0.3 is 16.8 Å². The molecule has 1 saturated heterocycles. The summed E-state index contributed by atoms with van der Waals surface area (Å²) in [6.45, 7) is 2.50. The van der Waals surface area contributed by atoms with E-state index in [0.29, 0.717) is 11.3 Å². The van der Waals surface area contributed by atoms with Gasteiger partial charge in [-0.1, -0.05) is 11.3 Å². The molecule has 1 unspecified atom stereocenters. The third-order valence-electron chi connectivity index (χ3n) is 4.22. The predicted octanol–water partition coefficient (Wildman–Crippen LogP) is -0.474. The molecular weight excluding hydrogens is 408 g/mol. The van der Waals surface area contributed by atoms with Crippen LogP contribution in [0, 0.1) is 0 Å². The predicted molar refractivity (Wildman–Crippen MR) is 100 cm³/mol. The van der Waals surface area contributed by atoms with Crippen LogP contribution in [0.25, 0.3) is 10.3 Å². The lowest BCUT2D eigenvalue weighted by Gasteiger charge is -2.22. The number of nitrogen functional groups attached to an aromatic ring is 1. The maximum absolute atomic E-state index is 12.6. The minimum Gasteiger partial charge on any atom is -0.458 e. The van der Waals surface area contributed by atoms with Gasteiger partial charge in [-0.05, 0) is 0 Å². The molecule has 0 aliphatic carbocycles. The number of fused-ring (bicyclic) bond motifs is 1. The van der Waals surface area contributed by atoms with E-state index in [2.05, 4.69) is 9.97 Å². The number of carbonyl (C=O) groups is 2. The van der Waals surface area contributed by atoms with Gasteiger partial charge in [-0.3, -0.25) is 28.7 Å². The van der Waals surface area contributed by atoms with Gasteiger partial charge < -0.3 is 24.7 Å². The van der Waals surface area contributed by atoms with Crippen molar-refractivity contribution in [2.45, 2.75) is 44.8 Å². The maximum Gasteiger partial charge on any atom is 0.311 e. The molecule has 13 heteroatoms. The molecule has 0 radical (unpaired) electrons. The van der Waals surface area contributed by atoms with Crippen LogP contribution in [-0.2, 0) is 28.5 Å². The van der Waals surface area contributed by atoms with Crippen LogP contribution in [-0.4, -0.2) is 58.5 Å². The van der Waals surface area contributed by atoms with E-state index in [1.165, 1.54) is 21.0 Å². The first-order chi connectivity index (χ1) is 13.7. The van der Waals surface area contributed by atoms with E-state index in [0.717, 1.165) is 4.57 Å². The molecule has 2 aromatic rings. The Hall–Kier alpha value is -2.77. The number of esters is 2. The first-order valence-corrected chi connectivity index (χ1v) is 9.42. The van der Waals surface area contributed by atoms with E-state index >= 15 is 0 Å². The van der Waals surface area contributed by atoms with E-state index in [9.17, 15) is 19.2 Å². The third kappa shape index (κ3) is 4.31. The molecule has 0 spiro atoms. The van der Waals surface area contributed by atoms with Gasteiger partial charge in [0.25, 0.3) is 5.56 Å². The topological polar surface area (TPSA) is 165 Å². The van der Waals surface area contributed by atoms with Crippen LogP contribution < -0.4 is 16.2 Å². The fourth-order valence-electron chi connectivity index (χ4n) is 3.22. The van der Waals surface area contributed by atoms with Crippen LogP contribution in [0.3, 0.4) is 0 Å². The number of thiazole rings is 1. The van der Waals surface area contributed by atoms with Crippen LogP contribution in [0.15, 0.2) is 9.59 Å². The number of hydrogen-bond acceptors (Lipinski definition) is 11. The summed E-state index contributed by atoms with van der Waals surface area (Å²) in [5, 5.41) is 0. The van der Waals surface area contributed by atoms with E-state index in [1.807, 2.05) is 0 Å². The Morgan fingerprint density at radius 1 is 1.38 bits per heavy atom. The Kier molecular flexibility index (Phi) is 6.00. The van der Waals surface area contributed by atoms with Crippen molar-refractivity contribution in [2.24, 2.45) is 0 Å². The number of nitrogens with one attached hydrogen (secondary N) is 1. The van der Waals surface area contributed by atoms with E-state index in [-0.39, 0.29) is 29.3 Å². The molecule has 4 atom stereocenters. The van der Waals surface area contributed by atoms with Gasteiger partial charge in [-0.2, -0.15) is 4.98 Å². The van der Waals surface area contributed by atoms with Crippen molar-refractivity contribution in [3.05, 3.63) is 20.0 Å². The van der Waals surface area contributed by atoms with Crippen LogP contribution in [0.5, 0.6) is 0 Å². The lowest BCUT2D eigenvalue weighted by molar-refractivity contribution is -0.162. The average Bonchev–Trinajstić information content (AvgIpc) is 3.14. The molecule has 3 N–H and O–H groups in total. The van der Waals surface area contributed by atoms with E-state index in [1.54, 1.807) is 0 Å². The van der Waals surface area contributed by atoms with Crippen LogP contribution in [0.2, 0.25) is 0 Å². The zero-order chi connectivity index (χ0) is 21.3. The Morgan fingerprint density at radius 3 is 2.72 bits per heavy atom. The monoisotopic (exact) mass is 428 g/mol. The summed E-state index contributed by atoms with van der Waals surface area (Å²) >= 11 is 0.667. The summed E-state index contributed by atoms with van der Waals surface area (Å²) in [5.41, 5.74) is 5.06. The summed E-state index contributed by atoms with van der Waals surface area (Å²) in [6, 6.07) is 0. The zero-order valence-electron chi connectivity index (χ0n) is 15.9. The van der Waals surface area contributed by atoms with Crippen LogP contribution in [0.1, 0.15) is 26.5 Å². The van der Waals surface area contributed by atoms with Gasteiger partial charge in [-0.15, -0.1) is 0 Å². The maximum atomic E-state index is 12.6. The van der Waals surface area contributed by atoms with E-state index in [4.69, 9.17) is 24.7 Å². The number of rotatable bonds is 6. The molecule has 158 valence electrons. The molecule has 1 aliphatic heterocycles. The van der Waals surface area contributed by atoms with Gasteiger partial charge in [-0.25, -0.2) is 0 Å². The smallest absolute Gasteiger partial charge is 0.311 e. The number of methoxy groups -OCH3 is 1. The van der Waals surface area contributed by atoms with Gasteiger partial charge in [0.15, 0.2) is 18.0 Å². The summed E-state index contributed by atoms with van der Waals surface area (Å²) in [7, 11) is 1.43. The third-order valence-corrected chi connectivity index (χ3v) is 5.17. The van der Waals surface area contributed by atoms with Crippen molar-refractivity contribution >= 4 is 39.6 Å². The summed E-state index contributed by atoms with van der Waals surface area (Å²) in [5.74, 6) is -1.30. The van der Waals surface area contributed by atoms with Gasteiger partial charge in [0.05, 0.1) is 6.61 Å². The molecule has 0 amide bonds. The number of aromatic amines is 1. The average molecular weight is 428 g/mol. The summed E-state index contributed by atoms with van der Waals surface area (Å²) in [6.07, 6.45) is -3.36. The number of anilines is 1. The number of H-pyrrole nitrogens is 1. The highest BCUT2D eigenvalue weighted by molar-refractivity contribution is 7.16. The molecule has 3 rings (SSSR count). The molecular formula is C16H20N4O8S. The Morgan fingerprint density at radius 2 is 2.10 bits per heavy atom. The second-order valence-electron chi connectivity index (χ2n) is 6.39. The second-order valence-corrected chi connectivity index (χ2v) is 7.36. The molecule has 0 saturated carbocycles. The Balaban J connectivity index is 2.04. The van der Waals surface area contributed by atoms with Crippen molar-refractivity contribution < 1.29 is 28.5 Å². The molecule has 0 aromatic carbocycles. The van der Waals surface area contributed by atoms with Gasteiger partial charge in [0, 0.05) is 27.4 Å². The minimum atomic E-state index is -1.09. The largest absolute Gasteiger partial charge is 0.458 e. The Bertz CT molecular complexity index is 1040. The van der Waals surface area contributed by atoms with Crippen LogP contribution >= 0.6 is 11.3 Å². The van der Waals surface area contributed by atoms with Crippen molar-refractivity contribution in [3.8, 4) is 0 Å². The highest BCUT2D eigenvalue weighted by atomic mass is 32.1. The first kappa shape index (κ1) is 21.0. The fourth-order valence-corrected chi connectivity index (χ4v) is 4.06. The molecule has 3 heterocycles. The highest BCUT2D eigenvalue weighted by Crippen LogP contribution is 2.35. The standard InChI is InChI=1S/C16H20N4O8S/c1-6(21)26-9-4-8(10(5-25-3)27-7(2)22)28-14(9)20-12-11(29-16(20)24)13(23)19-15(17)18-12/h8-10,14H,4-5H2,1-3H3,(H3,17,18,19,23)/t8-,9+,10?,14+/m0/s1. The fraction of sp³-hybridized carbons (Fsp3) is 0.562. The summed E-state index contributed by atoms with van der Waals surface area (Å²) in [4.78, 5) is 53.5. The number of carbonyl (C=O) groups excluding carboxylic acids is 2. The first-order valence-electron chi connectivity index (χ1n) is 8.61. The van der Waals surface area contributed by atoms with Crippen molar-refractivity contribution in [1.82, 2.24) is 14.5 Å². The SMILES string of the molecule is COCC(OC(C)=O)[C@@H]1C[C@@H](OC(C)=O)[C@H](n2c(=O)sc3c(=O)[nH]c(N)nc32)O1. The van der Waals surface area contributed by atoms with Gasteiger partial charge in [0.1, 0.15) is 16.9 Å². The van der Waals surface area contributed by atoms with Crippen molar-refractivity contribution in [1.29, 1.82) is 0 Å². The summed E-state index contributed by atoms with van der Waals surface area (Å²) < 4.78 is 22.8. The number of nitrogens with zero attached hydrogens (tertiary/aromatic N) is 2. The van der Waals surface area contributed by atoms with Crippen molar-refractivity contribution in [2.75, 3.05) is 19.5 Å². The molecule has 12 nitrogen and oxygen atoms in total. The molecule has 0 bridgehead atoms. The minimum absolute atomic E-state index is 0.0137. The van der Waals surface area contributed by atoms with E-state index < -0.39 is 46.9 Å². The number of aromatic nitrogens is 3. The number of hydrogen-bond donors (Lipinski definition) is 2. The molecule has 1 fully saturated rings. The molecule has 29 heavy (non-hydrogen) atoms. The van der Waals surface area contributed by atoms with Gasteiger partial charge in [0.2, 0.25) is 5.95 Å². The molecule has 2 aromatic heterocycles. The number of nitrogens with two attached hydrogens (primary N) is 1. The van der Waals surface area contributed by atoms with Crippen LogP contribution in [0.4, 0.5) is 5.95 Å². The van der Waals surface area contributed by atoms with Crippen molar-refractivity contribution in [3.63, 3.8) is 0 Å².